The second-order valence-corrected chi connectivity index (χ2v) is 10.9. The first-order valence-electron chi connectivity index (χ1n) is 12.0. The van der Waals surface area contributed by atoms with E-state index in [0.29, 0.717) is 26.2 Å². The Morgan fingerprint density at radius 1 is 0.806 bits per heavy atom. The van der Waals surface area contributed by atoms with Crippen LogP contribution in [-0.2, 0) is 27.9 Å². The number of benzene rings is 3. The summed E-state index contributed by atoms with van der Waals surface area (Å²) in [5.41, 5.74) is 1.96. The van der Waals surface area contributed by atoms with E-state index in [0.717, 1.165) is 29.2 Å². The van der Waals surface area contributed by atoms with E-state index in [1.807, 2.05) is 48.5 Å². The standard InChI is InChI=1S/C27H29N3O5S/c31-27(29-15-13-28(14-16-29)18-23-11-12-25-26(17-23)35-21-34-25)20-30(19-22-7-3-1-4-8-22)36(32,33)24-9-5-2-6-10-24/h1-12,17H,13-16,18-21H2. The molecule has 0 radical (unpaired) electrons. The molecule has 0 N–H and O–H groups in total. The van der Waals surface area contributed by atoms with E-state index in [1.54, 1.807) is 35.2 Å². The predicted octanol–water partition coefficient (Wildman–Crippen LogP) is 2.95. The van der Waals surface area contributed by atoms with Crippen molar-refractivity contribution in [1.29, 1.82) is 0 Å². The van der Waals surface area contributed by atoms with Crippen LogP contribution >= 0.6 is 0 Å². The van der Waals surface area contributed by atoms with Crippen LogP contribution in [0.15, 0.2) is 83.8 Å². The van der Waals surface area contributed by atoms with Gasteiger partial charge in [-0.15, -0.1) is 0 Å². The van der Waals surface area contributed by atoms with Crippen LogP contribution in [0.1, 0.15) is 11.1 Å². The number of sulfonamides is 1. The van der Waals surface area contributed by atoms with E-state index < -0.39 is 10.0 Å². The van der Waals surface area contributed by atoms with Crippen molar-refractivity contribution in [3.8, 4) is 11.5 Å². The Morgan fingerprint density at radius 3 is 2.19 bits per heavy atom. The van der Waals surface area contributed by atoms with Crippen molar-refractivity contribution in [1.82, 2.24) is 14.1 Å². The van der Waals surface area contributed by atoms with Crippen LogP contribution in [0.2, 0.25) is 0 Å². The molecule has 0 atom stereocenters. The van der Waals surface area contributed by atoms with Gasteiger partial charge >= 0.3 is 0 Å². The number of amides is 1. The minimum atomic E-state index is -3.84. The number of rotatable bonds is 8. The van der Waals surface area contributed by atoms with Gasteiger partial charge in [0, 0.05) is 39.3 Å². The third-order valence-corrected chi connectivity index (χ3v) is 8.27. The largest absolute Gasteiger partial charge is 0.454 e. The monoisotopic (exact) mass is 507 g/mol. The smallest absolute Gasteiger partial charge is 0.243 e. The van der Waals surface area contributed by atoms with Gasteiger partial charge in [0.05, 0.1) is 11.4 Å². The minimum absolute atomic E-state index is 0.133. The maximum atomic E-state index is 13.4. The fourth-order valence-corrected chi connectivity index (χ4v) is 5.86. The van der Waals surface area contributed by atoms with E-state index in [4.69, 9.17) is 9.47 Å². The summed E-state index contributed by atoms with van der Waals surface area (Å²) in [4.78, 5) is 17.5. The first kappa shape index (κ1) is 24.3. The number of nitrogens with zero attached hydrogens (tertiary/aromatic N) is 3. The molecule has 3 aromatic carbocycles. The van der Waals surface area contributed by atoms with E-state index in [2.05, 4.69) is 4.90 Å². The molecule has 1 amide bonds. The molecular weight excluding hydrogens is 478 g/mol. The zero-order valence-corrected chi connectivity index (χ0v) is 20.8. The Balaban J connectivity index is 1.23. The number of carbonyl (C=O) groups is 1. The predicted molar refractivity (Wildman–Crippen MR) is 135 cm³/mol. The molecule has 2 aliphatic rings. The van der Waals surface area contributed by atoms with Gasteiger partial charge in [-0.1, -0.05) is 54.6 Å². The third kappa shape index (κ3) is 5.53. The van der Waals surface area contributed by atoms with Crippen molar-refractivity contribution in [2.75, 3.05) is 39.5 Å². The Labute approximate surface area is 211 Å². The minimum Gasteiger partial charge on any atom is -0.454 e. The molecule has 9 heteroatoms. The number of ether oxygens (including phenoxy) is 2. The highest BCUT2D eigenvalue weighted by molar-refractivity contribution is 7.89. The normalized spacial score (nSPS) is 15.9. The van der Waals surface area contributed by atoms with Crippen LogP contribution in [0, 0.1) is 0 Å². The summed E-state index contributed by atoms with van der Waals surface area (Å²) in [6.07, 6.45) is 0. The summed E-state index contributed by atoms with van der Waals surface area (Å²) in [6, 6.07) is 23.6. The SMILES string of the molecule is O=C(CN(Cc1ccccc1)S(=O)(=O)c1ccccc1)N1CCN(Cc2ccc3c(c2)OCO3)CC1. The lowest BCUT2D eigenvalue weighted by molar-refractivity contribution is -0.133. The average molecular weight is 508 g/mol. The van der Waals surface area contributed by atoms with Crippen molar-refractivity contribution >= 4 is 15.9 Å². The molecule has 8 nitrogen and oxygen atoms in total. The lowest BCUT2D eigenvalue weighted by Gasteiger charge is -2.35. The fraction of sp³-hybridized carbons (Fsp3) is 0.296. The van der Waals surface area contributed by atoms with Crippen LogP contribution in [0.5, 0.6) is 11.5 Å². The molecule has 36 heavy (non-hydrogen) atoms. The topological polar surface area (TPSA) is 79.4 Å². The first-order valence-corrected chi connectivity index (χ1v) is 13.4. The van der Waals surface area contributed by atoms with Gasteiger partial charge in [-0.05, 0) is 35.4 Å². The molecule has 0 bridgehead atoms. The van der Waals surface area contributed by atoms with Crippen LogP contribution in [-0.4, -0.2) is 67.9 Å². The second-order valence-electron chi connectivity index (χ2n) is 8.92. The summed E-state index contributed by atoms with van der Waals surface area (Å²) < 4.78 is 39.0. The summed E-state index contributed by atoms with van der Waals surface area (Å²) in [7, 11) is -3.84. The Hall–Kier alpha value is -3.40. The molecule has 2 aliphatic heterocycles. The van der Waals surface area contributed by atoms with E-state index >= 15 is 0 Å². The second kappa shape index (κ2) is 10.7. The highest BCUT2D eigenvalue weighted by Gasteiger charge is 2.30. The Morgan fingerprint density at radius 2 is 1.47 bits per heavy atom. The number of carbonyl (C=O) groups excluding carboxylic acids is 1. The summed E-state index contributed by atoms with van der Waals surface area (Å²) in [6.45, 7) is 3.46. The van der Waals surface area contributed by atoms with Crippen LogP contribution in [0.3, 0.4) is 0 Å². The summed E-state index contributed by atoms with van der Waals surface area (Å²) in [5.74, 6) is 1.34. The number of piperazine rings is 1. The van der Waals surface area contributed by atoms with Crippen molar-refractivity contribution in [3.63, 3.8) is 0 Å². The third-order valence-electron chi connectivity index (χ3n) is 6.46. The molecule has 0 aliphatic carbocycles. The fourth-order valence-electron chi connectivity index (χ4n) is 4.46. The molecule has 2 heterocycles. The zero-order valence-electron chi connectivity index (χ0n) is 20.0. The average Bonchev–Trinajstić information content (AvgIpc) is 3.38. The van der Waals surface area contributed by atoms with Crippen molar-refractivity contribution in [3.05, 3.63) is 90.0 Å². The van der Waals surface area contributed by atoms with Gasteiger partial charge in [-0.3, -0.25) is 9.69 Å². The molecule has 0 unspecified atom stereocenters. The van der Waals surface area contributed by atoms with Gasteiger partial charge in [-0.25, -0.2) is 8.42 Å². The van der Waals surface area contributed by atoms with Crippen molar-refractivity contribution in [2.45, 2.75) is 18.0 Å². The quantitative estimate of drug-likeness (QED) is 0.467. The van der Waals surface area contributed by atoms with E-state index in [-0.39, 0.29) is 30.7 Å². The first-order chi connectivity index (χ1) is 17.5. The van der Waals surface area contributed by atoms with Crippen molar-refractivity contribution < 1.29 is 22.7 Å². The van der Waals surface area contributed by atoms with Gasteiger partial charge in [0.15, 0.2) is 11.5 Å². The zero-order chi connectivity index (χ0) is 25.0. The summed E-state index contributed by atoms with van der Waals surface area (Å²) in [5, 5.41) is 0. The molecule has 188 valence electrons. The van der Waals surface area contributed by atoms with Crippen molar-refractivity contribution in [2.24, 2.45) is 0 Å². The Bertz CT molecular complexity index is 1290. The maximum absolute atomic E-state index is 13.4. The molecule has 5 rings (SSSR count). The molecule has 0 spiro atoms. The lowest BCUT2D eigenvalue weighted by Crippen LogP contribution is -2.51. The molecule has 0 saturated carbocycles. The van der Waals surface area contributed by atoms with Crippen LogP contribution < -0.4 is 9.47 Å². The molecule has 0 aromatic heterocycles. The number of hydrogen-bond acceptors (Lipinski definition) is 6. The lowest BCUT2D eigenvalue weighted by atomic mass is 10.1. The van der Waals surface area contributed by atoms with E-state index in [9.17, 15) is 13.2 Å². The molecule has 3 aromatic rings. The van der Waals surface area contributed by atoms with Gasteiger partial charge in [0.2, 0.25) is 22.7 Å². The van der Waals surface area contributed by atoms with Gasteiger partial charge in [-0.2, -0.15) is 4.31 Å². The molecular formula is C27H29N3O5S. The van der Waals surface area contributed by atoms with Gasteiger partial charge < -0.3 is 14.4 Å². The van der Waals surface area contributed by atoms with Crippen LogP contribution in [0.4, 0.5) is 0 Å². The number of hydrogen-bond donors (Lipinski definition) is 0. The highest BCUT2D eigenvalue weighted by atomic mass is 32.2. The molecule has 1 fully saturated rings. The van der Waals surface area contributed by atoms with Gasteiger partial charge in [0.25, 0.3) is 0 Å². The van der Waals surface area contributed by atoms with Gasteiger partial charge in [0.1, 0.15) is 0 Å². The van der Waals surface area contributed by atoms with Crippen LogP contribution in [0.25, 0.3) is 0 Å². The summed E-state index contributed by atoms with van der Waals surface area (Å²) >= 11 is 0. The molecule has 1 saturated heterocycles. The number of fused-ring (bicyclic) bond motifs is 1. The maximum Gasteiger partial charge on any atom is 0.243 e. The van der Waals surface area contributed by atoms with E-state index in [1.165, 1.54) is 4.31 Å². The highest BCUT2D eigenvalue weighted by Crippen LogP contribution is 2.32. The Kier molecular flexibility index (Phi) is 7.22.